The number of ether oxygens (including phenoxy) is 10. The summed E-state index contributed by atoms with van der Waals surface area (Å²) in [7, 11) is 0. The molecule has 14 atom stereocenters. The van der Waals surface area contributed by atoms with Gasteiger partial charge in [-0.3, -0.25) is 4.90 Å². The molecule has 0 aliphatic carbocycles. The fourth-order valence-electron chi connectivity index (χ4n) is 14.7. The zero-order valence-electron chi connectivity index (χ0n) is 58.1. The minimum atomic E-state index is -3.01. The topological polar surface area (TPSA) is 194 Å². The van der Waals surface area contributed by atoms with Crippen LogP contribution in [0.2, 0.25) is 0 Å². The third-order valence-electron chi connectivity index (χ3n) is 20.0. The molecule has 0 saturated carbocycles. The van der Waals surface area contributed by atoms with Crippen LogP contribution in [0.25, 0.3) is 0 Å². The van der Waals surface area contributed by atoms with Crippen LogP contribution in [0.5, 0.6) is 0 Å². The second-order valence-corrected chi connectivity index (χ2v) is 27.2. The summed E-state index contributed by atoms with van der Waals surface area (Å²) < 4.78 is 71.4. The van der Waals surface area contributed by atoms with Crippen molar-refractivity contribution < 1.29 is 72.6 Å². The van der Waals surface area contributed by atoms with E-state index in [2.05, 4.69) is 0 Å². The lowest BCUT2D eigenvalue weighted by Crippen LogP contribution is -2.88. The van der Waals surface area contributed by atoms with Crippen molar-refractivity contribution >= 4 is 6.09 Å². The first-order valence-corrected chi connectivity index (χ1v) is 35.8. The molecule has 13 rings (SSSR count). The summed E-state index contributed by atoms with van der Waals surface area (Å²) in [5, 5.41) is 60.5. The van der Waals surface area contributed by atoms with Gasteiger partial charge in [-0.1, -0.05) is 303 Å². The number of hydrogen-bond acceptors (Lipinski definition) is 15. The highest BCUT2D eigenvalue weighted by molar-refractivity contribution is 5.69. The molecule has 3 aliphatic rings. The van der Waals surface area contributed by atoms with Gasteiger partial charge in [-0.15, -0.1) is 0 Å². The molecule has 104 heavy (non-hydrogen) atoms. The Balaban J connectivity index is 1.01. The van der Waals surface area contributed by atoms with E-state index in [4.69, 9.17) is 47.4 Å². The number of nitrogens with zero attached hydrogens (tertiary/aromatic N) is 1. The summed E-state index contributed by atoms with van der Waals surface area (Å²) in [6.45, 7) is -0.0578. The predicted molar refractivity (Wildman–Crippen MR) is 393 cm³/mol. The van der Waals surface area contributed by atoms with Crippen molar-refractivity contribution in [1.82, 2.24) is 4.90 Å². The van der Waals surface area contributed by atoms with Gasteiger partial charge in [-0.2, -0.15) is 0 Å². The highest BCUT2D eigenvalue weighted by atomic mass is 16.7. The average molecular weight is 1400 g/mol. The standard InChI is InChI=1S/C88H91NO15/c90-75(51-64-31-11-1-12-32-64)82-88(94,83-81(100-60-72-47-27-9-28-48-72)80(99-59-71-45-25-8-26-46-71)79(98-58-70-43-23-7-24-44-70)77(102-83)63-96-56-68-39-19-5-20-40-68)87(93,53-66-35-15-3-16-36-66)86(92,52-65-33-13-2-14-34-65)84(104-82)103-78-74(62-95-55-67-37-17-4-18-38-67)89(85(91)101-61-73-49-29-10-30-50-73)54-76(78)97-57-69-41-21-6-22-42-69/h1-50,74-84,90,92-94H,51-63H2/t74-,75?,76-,77+,78+,79+,80-,81+,82+,83+,84-,86-,87+,88-/m0/s1. The first-order chi connectivity index (χ1) is 51.0. The fraction of sp³-hybridized carbons (Fsp3) is 0.307. The van der Waals surface area contributed by atoms with E-state index in [1.807, 2.05) is 291 Å². The van der Waals surface area contributed by atoms with Crippen molar-refractivity contribution in [2.45, 2.75) is 150 Å². The van der Waals surface area contributed by atoms with Gasteiger partial charge in [0.25, 0.3) is 0 Å². The van der Waals surface area contributed by atoms with E-state index in [1.165, 1.54) is 4.90 Å². The molecule has 1 amide bonds. The molecule has 1 unspecified atom stereocenters. The Morgan fingerprint density at radius 3 is 1.22 bits per heavy atom. The summed E-state index contributed by atoms with van der Waals surface area (Å²) in [5.41, 5.74) is -1.39. The Kier molecular flexibility index (Phi) is 25.1. The van der Waals surface area contributed by atoms with Crippen molar-refractivity contribution in [3.8, 4) is 0 Å². The molecule has 4 N–H and O–H groups in total. The molecule has 3 saturated heterocycles. The van der Waals surface area contributed by atoms with Crippen molar-refractivity contribution in [3.63, 3.8) is 0 Å². The van der Waals surface area contributed by atoms with Crippen LogP contribution < -0.4 is 0 Å². The summed E-state index contributed by atoms with van der Waals surface area (Å²) in [4.78, 5) is 16.6. The van der Waals surface area contributed by atoms with Crippen LogP contribution in [0.4, 0.5) is 4.79 Å². The van der Waals surface area contributed by atoms with Crippen LogP contribution in [0.15, 0.2) is 303 Å². The molecule has 0 spiro atoms. The van der Waals surface area contributed by atoms with Crippen LogP contribution in [-0.2, 0) is 113 Å². The van der Waals surface area contributed by atoms with Gasteiger partial charge in [-0.25, -0.2) is 4.79 Å². The summed E-state index contributed by atoms with van der Waals surface area (Å²) in [6, 6.07) is 93.7. The van der Waals surface area contributed by atoms with E-state index in [0.717, 1.165) is 38.9 Å². The van der Waals surface area contributed by atoms with Crippen LogP contribution in [0, 0.1) is 0 Å². The first-order valence-electron chi connectivity index (χ1n) is 35.8. The van der Waals surface area contributed by atoms with E-state index >= 15 is 20.1 Å². The number of aliphatic hydroxyl groups is 4. The van der Waals surface area contributed by atoms with Gasteiger partial charge >= 0.3 is 6.09 Å². The zero-order valence-corrected chi connectivity index (χ0v) is 58.1. The van der Waals surface area contributed by atoms with Crippen molar-refractivity contribution in [3.05, 3.63) is 359 Å². The van der Waals surface area contributed by atoms with Crippen LogP contribution in [0.3, 0.4) is 0 Å². The van der Waals surface area contributed by atoms with E-state index < -0.39 is 103 Å². The molecule has 16 heteroatoms. The maximum absolute atomic E-state index is 15.8. The summed E-state index contributed by atoms with van der Waals surface area (Å²) >= 11 is 0. The summed E-state index contributed by atoms with van der Waals surface area (Å²) in [6.07, 6.45) is -16.5. The average Bonchev–Trinajstić information content (AvgIpc) is 0.699. The molecule has 16 nitrogen and oxygen atoms in total. The quantitative estimate of drug-likeness (QED) is 0.0311. The lowest BCUT2D eigenvalue weighted by atomic mass is 9.57. The lowest BCUT2D eigenvalue weighted by Gasteiger charge is -2.65. The highest BCUT2D eigenvalue weighted by Crippen LogP contribution is 2.55. The van der Waals surface area contributed by atoms with Crippen LogP contribution in [-0.4, -0.2) is 135 Å². The Morgan fingerprint density at radius 2 is 0.769 bits per heavy atom. The van der Waals surface area contributed by atoms with E-state index in [9.17, 15) is 5.11 Å². The molecule has 0 aromatic heterocycles. The Labute approximate surface area is 608 Å². The smallest absolute Gasteiger partial charge is 0.410 e. The Morgan fingerprint density at radius 1 is 0.404 bits per heavy atom. The van der Waals surface area contributed by atoms with Gasteiger partial charge in [0.2, 0.25) is 0 Å². The predicted octanol–water partition coefficient (Wildman–Crippen LogP) is 12.9. The highest BCUT2D eigenvalue weighted by Gasteiger charge is 2.78. The normalized spacial score (nSPS) is 25.6. The second-order valence-electron chi connectivity index (χ2n) is 27.2. The number of hydrogen-bond donors (Lipinski definition) is 4. The van der Waals surface area contributed by atoms with Gasteiger partial charge in [-0.05, 0) is 55.6 Å². The number of benzene rings is 10. The third-order valence-corrected chi connectivity index (χ3v) is 20.0. The molecule has 538 valence electrons. The molecule has 10 aromatic carbocycles. The number of rotatable bonds is 32. The molecular formula is C88H91NO15. The SMILES string of the molecule is O=C(OCc1ccccc1)N1C[C@H](OCc2ccccc2)[C@H](O[C@H]2O[C@H](C(O)Cc3ccccc3)[C@](O)([C@@H]3O[C@H](COCc4ccccc4)[C@@H](OCc4ccccc4)[C@H](OCc4ccccc4)[C@H]3OCc3ccccc3)[C@@](O)(Cc3ccccc3)[C@]2(O)Cc2ccccc2)[C@@H]1COCc1ccccc1. The first kappa shape index (κ1) is 73.3. The molecular weight excluding hydrogens is 1310 g/mol. The van der Waals surface area contributed by atoms with Gasteiger partial charge in [0, 0.05) is 19.3 Å². The molecule has 3 heterocycles. The van der Waals surface area contributed by atoms with Gasteiger partial charge in [0.15, 0.2) is 17.5 Å². The van der Waals surface area contributed by atoms with Crippen LogP contribution >= 0.6 is 0 Å². The van der Waals surface area contributed by atoms with Gasteiger partial charge in [0.05, 0.1) is 71.5 Å². The van der Waals surface area contributed by atoms with Gasteiger partial charge < -0.3 is 67.8 Å². The number of aliphatic hydroxyl groups excluding tert-OH is 1. The fourth-order valence-corrected chi connectivity index (χ4v) is 14.7. The van der Waals surface area contributed by atoms with Gasteiger partial charge in [0.1, 0.15) is 61.0 Å². The lowest BCUT2D eigenvalue weighted by molar-refractivity contribution is -0.442. The minimum Gasteiger partial charge on any atom is -0.445 e. The molecule has 0 radical (unpaired) electrons. The van der Waals surface area contributed by atoms with Crippen molar-refractivity contribution in [2.75, 3.05) is 19.8 Å². The monoisotopic (exact) mass is 1400 g/mol. The summed E-state index contributed by atoms with van der Waals surface area (Å²) in [5.74, 6) is 0. The maximum atomic E-state index is 15.8. The van der Waals surface area contributed by atoms with Crippen molar-refractivity contribution in [2.24, 2.45) is 0 Å². The van der Waals surface area contributed by atoms with Crippen molar-refractivity contribution in [1.29, 1.82) is 0 Å². The number of likely N-dealkylation sites (tertiary alicyclic amines) is 1. The number of amides is 1. The molecule has 10 aromatic rings. The Bertz CT molecular complexity index is 4150. The van der Waals surface area contributed by atoms with E-state index in [0.29, 0.717) is 16.7 Å². The minimum absolute atomic E-state index is 0.0191. The zero-order chi connectivity index (χ0) is 71.4. The third kappa shape index (κ3) is 17.8. The molecule has 3 fully saturated rings. The Hall–Kier alpha value is -9.05. The number of carbonyl (C=O) groups is 1. The maximum Gasteiger partial charge on any atom is 0.410 e. The number of carbonyl (C=O) groups excluding carboxylic acids is 1. The second kappa shape index (κ2) is 35.6. The molecule has 3 aliphatic heterocycles. The van der Waals surface area contributed by atoms with E-state index in [-0.39, 0.29) is 72.4 Å². The van der Waals surface area contributed by atoms with Crippen LogP contribution in [0.1, 0.15) is 55.6 Å². The largest absolute Gasteiger partial charge is 0.445 e. The van der Waals surface area contributed by atoms with E-state index in [1.54, 1.807) is 12.1 Å². The molecule has 0 bridgehead atoms.